The van der Waals surface area contributed by atoms with Gasteiger partial charge in [0.05, 0.1) is 16.9 Å². The lowest BCUT2D eigenvalue weighted by Crippen LogP contribution is -1.90. The average molecular weight is 225 g/mol. The van der Waals surface area contributed by atoms with Crippen molar-refractivity contribution in [2.45, 2.75) is 13.8 Å². The molecule has 2 rings (SSSR count). The molecule has 0 unspecified atom stereocenters. The number of aryl methyl sites for hydroxylation is 2. The van der Waals surface area contributed by atoms with Crippen molar-refractivity contribution in [2.24, 2.45) is 0 Å². The summed E-state index contributed by atoms with van der Waals surface area (Å²) in [5.41, 5.74) is 2.79. The third kappa shape index (κ3) is 1.75. The van der Waals surface area contributed by atoms with Crippen LogP contribution >= 0.6 is 11.6 Å². The zero-order chi connectivity index (χ0) is 11.0. The van der Waals surface area contributed by atoms with Gasteiger partial charge in [-0.3, -0.25) is 5.10 Å². The van der Waals surface area contributed by atoms with E-state index in [1.165, 1.54) is 6.20 Å². The SMILES string of the molecule is Cc1cc(-c2[nH]ncc2Cl)cc(C)c1F. The van der Waals surface area contributed by atoms with E-state index < -0.39 is 0 Å². The van der Waals surface area contributed by atoms with Gasteiger partial charge in [-0.2, -0.15) is 5.10 Å². The van der Waals surface area contributed by atoms with E-state index in [4.69, 9.17) is 11.6 Å². The molecule has 0 aliphatic carbocycles. The summed E-state index contributed by atoms with van der Waals surface area (Å²) < 4.78 is 13.4. The molecule has 1 aromatic heterocycles. The first-order valence-electron chi connectivity index (χ1n) is 4.55. The van der Waals surface area contributed by atoms with Gasteiger partial charge in [-0.25, -0.2) is 4.39 Å². The maximum Gasteiger partial charge on any atom is 0.129 e. The number of hydrogen-bond donors (Lipinski definition) is 1. The number of rotatable bonds is 1. The van der Waals surface area contributed by atoms with E-state index in [-0.39, 0.29) is 5.82 Å². The molecule has 0 saturated heterocycles. The average Bonchev–Trinajstić information content (AvgIpc) is 2.60. The molecular formula is C11H10ClFN2. The van der Waals surface area contributed by atoms with Gasteiger partial charge < -0.3 is 0 Å². The maximum absolute atomic E-state index is 13.4. The van der Waals surface area contributed by atoms with Gasteiger partial charge in [-0.15, -0.1) is 0 Å². The monoisotopic (exact) mass is 224 g/mol. The lowest BCUT2D eigenvalue weighted by atomic mass is 10.0. The predicted octanol–water partition coefficient (Wildman–Crippen LogP) is 3.49. The van der Waals surface area contributed by atoms with Crippen LogP contribution in [0.4, 0.5) is 4.39 Å². The number of hydrogen-bond acceptors (Lipinski definition) is 1. The summed E-state index contributed by atoms with van der Waals surface area (Å²) >= 11 is 5.93. The number of nitrogens with one attached hydrogen (secondary N) is 1. The number of aromatic nitrogens is 2. The van der Waals surface area contributed by atoms with Gasteiger partial charge in [0.2, 0.25) is 0 Å². The Morgan fingerprint density at radius 2 is 1.87 bits per heavy atom. The quantitative estimate of drug-likeness (QED) is 0.789. The first kappa shape index (κ1) is 10.2. The number of halogens is 2. The summed E-state index contributed by atoms with van der Waals surface area (Å²) in [6.07, 6.45) is 1.53. The zero-order valence-electron chi connectivity index (χ0n) is 8.44. The highest BCUT2D eigenvalue weighted by molar-refractivity contribution is 6.32. The minimum absolute atomic E-state index is 0.172. The van der Waals surface area contributed by atoms with Crippen LogP contribution in [-0.2, 0) is 0 Å². The smallest absolute Gasteiger partial charge is 0.129 e. The third-order valence-electron chi connectivity index (χ3n) is 2.32. The molecule has 15 heavy (non-hydrogen) atoms. The summed E-state index contributed by atoms with van der Waals surface area (Å²) in [7, 11) is 0. The number of benzene rings is 1. The highest BCUT2D eigenvalue weighted by Crippen LogP contribution is 2.27. The number of H-pyrrole nitrogens is 1. The van der Waals surface area contributed by atoms with Crippen LogP contribution in [0.3, 0.4) is 0 Å². The third-order valence-corrected chi connectivity index (χ3v) is 2.60. The lowest BCUT2D eigenvalue weighted by molar-refractivity contribution is 0.609. The lowest BCUT2D eigenvalue weighted by Gasteiger charge is -2.05. The van der Waals surface area contributed by atoms with Crippen LogP contribution in [0.15, 0.2) is 18.3 Å². The molecule has 0 amide bonds. The highest BCUT2D eigenvalue weighted by Gasteiger charge is 2.09. The summed E-state index contributed by atoms with van der Waals surface area (Å²) in [5.74, 6) is -0.172. The molecule has 1 heterocycles. The molecule has 0 radical (unpaired) electrons. The summed E-state index contributed by atoms with van der Waals surface area (Å²) in [4.78, 5) is 0. The van der Waals surface area contributed by atoms with E-state index in [1.54, 1.807) is 26.0 Å². The molecule has 0 spiro atoms. The Morgan fingerprint density at radius 1 is 1.27 bits per heavy atom. The van der Waals surface area contributed by atoms with Crippen LogP contribution in [0.25, 0.3) is 11.3 Å². The highest BCUT2D eigenvalue weighted by atomic mass is 35.5. The van der Waals surface area contributed by atoms with Crippen molar-refractivity contribution < 1.29 is 4.39 Å². The van der Waals surface area contributed by atoms with Gasteiger partial charge in [0.1, 0.15) is 5.82 Å². The van der Waals surface area contributed by atoms with Crippen LogP contribution in [0.1, 0.15) is 11.1 Å². The van der Waals surface area contributed by atoms with Gasteiger partial charge >= 0.3 is 0 Å². The summed E-state index contributed by atoms with van der Waals surface area (Å²) in [6.45, 7) is 3.46. The molecule has 2 aromatic rings. The van der Waals surface area contributed by atoms with Crippen LogP contribution in [0.5, 0.6) is 0 Å². The second-order valence-corrected chi connectivity index (χ2v) is 3.92. The Kier molecular flexibility index (Phi) is 2.49. The van der Waals surface area contributed by atoms with Crippen molar-refractivity contribution in [2.75, 3.05) is 0 Å². The second kappa shape index (κ2) is 3.66. The molecule has 0 bridgehead atoms. The summed E-state index contributed by atoms with van der Waals surface area (Å²) in [5, 5.41) is 7.16. The van der Waals surface area contributed by atoms with Crippen LogP contribution in [0, 0.1) is 19.7 Å². The van der Waals surface area contributed by atoms with E-state index in [0.29, 0.717) is 16.1 Å². The Labute approximate surface area is 92.1 Å². The van der Waals surface area contributed by atoms with Gasteiger partial charge in [-0.1, -0.05) is 11.6 Å². The fourth-order valence-electron chi connectivity index (χ4n) is 1.56. The Bertz CT molecular complexity index is 482. The molecule has 1 aromatic carbocycles. The van der Waals surface area contributed by atoms with Crippen molar-refractivity contribution in [1.82, 2.24) is 10.2 Å². The van der Waals surface area contributed by atoms with Crippen molar-refractivity contribution in [3.8, 4) is 11.3 Å². The van der Waals surface area contributed by atoms with E-state index in [0.717, 1.165) is 11.3 Å². The topological polar surface area (TPSA) is 28.7 Å². The molecule has 0 aliphatic heterocycles. The molecule has 0 fully saturated rings. The first-order chi connectivity index (χ1) is 7.09. The molecule has 0 saturated carbocycles. The molecule has 4 heteroatoms. The fraction of sp³-hybridized carbons (Fsp3) is 0.182. The van der Waals surface area contributed by atoms with Gasteiger partial charge in [-0.05, 0) is 37.1 Å². The molecule has 0 aliphatic rings. The number of aromatic amines is 1. The largest absolute Gasteiger partial charge is 0.276 e. The van der Waals surface area contributed by atoms with Crippen LogP contribution in [-0.4, -0.2) is 10.2 Å². The first-order valence-corrected chi connectivity index (χ1v) is 4.93. The minimum Gasteiger partial charge on any atom is -0.276 e. The van der Waals surface area contributed by atoms with Crippen molar-refractivity contribution in [3.63, 3.8) is 0 Å². The van der Waals surface area contributed by atoms with Crippen LogP contribution in [0.2, 0.25) is 5.02 Å². The van der Waals surface area contributed by atoms with Crippen LogP contribution < -0.4 is 0 Å². The molecule has 0 atom stereocenters. The Morgan fingerprint density at radius 3 is 2.33 bits per heavy atom. The van der Waals surface area contributed by atoms with Gasteiger partial charge in [0.25, 0.3) is 0 Å². The molecule has 78 valence electrons. The zero-order valence-corrected chi connectivity index (χ0v) is 9.19. The maximum atomic E-state index is 13.4. The Balaban J connectivity index is 2.60. The Hall–Kier alpha value is -1.35. The van der Waals surface area contributed by atoms with E-state index in [1.807, 2.05) is 0 Å². The molecule has 2 nitrogen and oxygen atoms in total. The minimum atomic E-state index is -0.172. The van der Waals surface area contributed by atoms with Crippen molar-refractivity contribution in [1.29, 1.82) is 0 Å². The number of nitrogens with zero attached hydrogens (tertiary/aromatic N) is 1. The van der Waals surface area contributed by atoms with Crippen molar-refractivity contribution >= 4 is 11.6 Å². The van der Waals surface area contributed by atoms with E-state index in [9.17, 15) is 4.39 Å². The normalized spacial score (nSPS) is 10.7. The standard InChI is InChI=1S/C11H10ClFN2/c1-6-3-8(4-7(2)10(6)13)11-9(12)5-14-15-11/h3-5H,1-2H3,(H,14,15). The second-order valence-electron chi connectivity index (χ2n) is 3.52. The van der Waals surface area contributed by atoms with E-state index >= 15 is 0 Å². The molecular weight excluding hydrogens is 215 g/mol. The fourth-order valence-corrected chi connectivity index (χ4v) is 1.76. The van der Waals surface area contributed by atoms with Crippen molar-refractivity contribution in [3.05, 3.63) is 40.3 Å². The molecule has 1 N–H and O–H groups in total. The predicted molar refractivity (Wildman–Crippen MR) is 58.5 cm³/mol. The van der Waals surface area contributed by atoms with Gasteiger partial charge in [0.15, 0.2) is 0 Å². The van der Waals surface area contributed by atoms with E-state index in [2.05, 4.69) is 10.2 Å². The van der Waals surface area contributed by atoms with Gasteiger partial charge in [0, 0.05) is 5.56 Å². The summed E-state index contributed by atoms with van der Waals surface area (Å²) in [6, 6.07) is 3.50.